The molecule has 23 heavy (non-hydrogen) atoms. The van der Waals surface area contributed by atoms with Crippen LogP contribution in [0.4, 0.5) is 5.82 Å². The van der Waals surface area contributed by atoms with Crippen molar-refractivity contribution in [3.63, 3.8) is 0 Å². The number of aromatic nitrogens is 3. The van der Waals surface area contributed by atoms with Crippen LogP contribution in [0.3, 0.4) is 0 Å². The van der Waals surface area contributed by atoms with Crippen LogP contribution < -0.4 is 5.32 Å². The number of esters is 1. The van der Waals surface area contributed by atoms with Gasteiger partial charge in [-0.1, -0.05) is 6.07 Å². The molecule has 6 nitrogen and oxygen atoms in total. The van der Waals surface area contributed by atoms with Crippen molar-refractivity contribution >= 4 is 11.8 Å². The van der Waals surface area contributed by atoms with Gasteiger partial charge in [-0.3, -0.25) is 9.78 Å². The van der Waals surface area contributed by atoms with Gasteiger partial charge in [0.25, 0.3) is 0 Å². The summed E-state index contributed by atoms with van der Waals surface area (Å²) in [5, 5.41) is 3.30. The standard InChI is InChI=1S/C17H22N4O2/c1-4-23-17(22)9-8-12(2)19-16-11-15(20-13(3)21-16)14-7-5-6-10-18-14/h5-7,10-12H,4,8-9H2,1-3H3,(H,19,20,21). The number of nitrogens with one attached hydrogen (secondary N) is 1. The zero-order chi connectivity index (χ0) is 16.7. The SMILES string of the molecule is CCOC(=O)CCC(C)Nc1cc(-c2ccccn2)nc(C)n1. The summed E-state index contributed by atoms with van der Waals surface area (Å²) in [5.41, 5.74) is 1.58. The molecule has 0 amide bonds. The molecule has 0 spiro atoms. The number of aryl methyl sites for hydroxylation is 1. The minimum Gasteiger partial charge on any atom is -0.466 e. The molecule has 6 heteroatoms. The fourth-order valence-electron chi connectivity index (χ4n) is 2.18. The number of carbonyl (C=O) groups is 1. The first-order valence-corrected chi connectivity index (χ1v) is 7.77. The predicted octanol–water partition coefficient (Wildman–Crippen LogP) is 2.99. The Balaban J connectivity index is 2.03. The highest BCUT2D eigenvalue weighted by Gasteiger charge is 2.10. The Morgan fingerprint density at radius 3 is 2.83 bits per heavy atom. The molecule has 0 saturated heterocycles. The van der Waals surface area contributed by atoms with Crippen LogP contribution in [0.2, 0.25) is 0 Å². The lowest BCUT2D eigenvalue weighted by atomic mass is 10.2. The molecule has 122 valence electrons. The van der Waals surface area contributed by atoms with E-state index in [4.69, 9.17) is 4.74 Å². The van der Waals surface area contributed by atoms with E-state index < -0.39 is 0 Å². The van der Waals surface area contributed by atoms with E-state index in [9.17, 15) is 4.79 Å². The molecule has 2 aromatic rings. The van der Waals surface area contributed by atoms with E-state index in [0.717, 1.165) is 17.2 Å². The van der Waals surface area contributed by atoms with Gasteiger partial charge in [0, 0.05) is 24.7 Å². The van der Waals surface area contributed by atoms with Gasteiger partial charge < -0.3 is 10.1 Å². The lowest BCUT2D eigenvalue weighted by Gasteiger charge is -2.15. The highest BCUT2D eigenvalue weighted by Crippen LogP contribution is 2.18. The monoisotopic (exact) mass is 314 g/mol. The Morgan fingerprint density at radius 2 is 2.13 bits per heavy atom. The van der Waals surface area contributed by atoms with Crippen molar-refractivity contribution < 1.29 is 9.53 Å². The van der Waals surface area contributed by atoms with Gasteiger partial charge in [0.15, 0.2) is 0 Å². The number of ether oxygens (including phenoxy) is 1. The Kier molecular flexibility index (Phi) is 6.02. The first-order chi connectivity index (χ1) is 11.1. The van der Waals surface area contributed by atoms with Gasteiger partial charge >= 0.3 is 5.97 Å². The minimum atomic E-state index is -0.172. The normalized spacial score (nSPS) is 11.8. The third-order valence-electron chi connectivity index (χ3n) is 3.25. The number of rotatable bonds is 7. The smallest absolute Gasteiger partial charge is 0.305 e. The molecule has 0 radical (unpaired) electrons. The second-order valence-electron chi connectivity index (χ2n) is 5.29. The van der Waals surface area contributed by atoms with Crippen LogP contribution in [0.5, 0.6) is 0 Å². The Labute approximate surface area is 136 Å². The first-order valence-electron chi connectivity index (χ1n) is 7.77. The minimum absolute atomic E-state index is 0.102. The summed E-state index contributed by atoms with van der Waals surface area (Å²) in [4.78, 5) is 24.5. The van der Waals surface area contributed by atoms with Gasteiger partial charge in [-0.15, -0.1) is 0 Å². The quantitative estimate of drug-likeness (QED) is 0.792. The number of hydrogen-bond donors (Lipinski definition) is 1. The summed E-state index contributed by atoms with van der Waals surface area (Å²) in [6.45, 7) is 6.08. The number of pyridine rings is 1. The first kappa shape index (κ1) is 16.9. The molecule has 0 aliphatic heterocycles. The maximum Gasteiger partial charge on any atom is 0.305 e. The average molecular weight is 314 g/mol. The van der Waals surface area contributed by atoms with E-state index in [2.05, 4.69) is 20.3 Å². The molecule has 2 heterocycles. The van der Waals surface area contributed by atoms with Gasteiger partial charge in [-0.05, 0) is 39.3 Å². The van der Waals surface area contributed by atoms with Gasteiger partial charge in [0.2, 0.25) is 0 Å². The zero-order valence-electron chi connectivity index (χ0n) is 13.7. The van der Waals surface area contributed by atoms with Crippen molar-refractivity contribution in [2.24, 2.45) is 0 Å². The van der Waals surface area contributed by atoms with Crippen molar-refractivity contribution in [3.05, 3.63) is 36.3 Å². The molecular formula is C17H22N4O2. The summed E-state index contributed by atoms with van der Waals surface area (Å²) in [6.07, 6.45) is 2.81. The summed E-state index contributed by atoms with van der Waals surface area (Å²) >= 11 is 0. The van der Waals surface area contributed by atoms with Crippen molar-refractivity contribution in [1.82, 2.24) is 15.0 Å². The fraction of sp³-hybridized carbons (Fsp3) is 0.412. The summed E-state index contributed by atoms with van der Waals surface area (Å²) in [5.74, 6) is 1.23. The van der Waals surface area contributed by atoms with Crippen molar-refractivity contribution in [3.8, 4) is 11.4 Å². The van der Waals surface area contributed by atoms with Gasteiger partial charge in [0.05, 0.1) is 18.0 Å². The molecule has 1 unspecified atom stereocenters. The van der Waals surface area contributed by atoms with Crippen molar-refractivity contribution in [1.29, 1.82) is 0 Å². The molecule has 0 bridgehead atoms. The summed E-state index contributed by atoms with van der Waals surface area (Å²) in [6, 6.07) is 7.68. The van der Waals surface area contributed by atoms with E-state index in [1.807, 2.05) is 45.0 Å². The van der Waals surface area contributed by atoms with Crippen LogP contribution in [0.15, 0.2) is 30.5 Å². The molecule has 2 rings (SSSR count). The number of nitrogens with zero attached hydrogens (tertiary/aromatic N) is 3. The molecule has 2 aromatic heterocycles. The van der Waals surface area contributed by atoms with Gasteiger partial charge in [0.1, 0.15) is 11.6 Å². The molecule has 1 N–H and O–H groups in total. The topological polar surface area (TPSA) is 77.0 Å². The molecule has 0 saturated carbocycles. The fourth-order valence-corrected chi connectivity index (χ4v) is 2.18. The second kappa shape index (κ2) is 8.22. The highest BCUT2D eigenvalue weighted by molar-refractivity contribution is 5.69. The molecule has 0 aliphatic carbocycles. The van der Waals surface area contributed by atoms with E-state index in [1.165, 1.54) is 0 Å². The van der Waals surface area contributed by atoms with Crippen LogP contribution in [0.25, 0.3) is 11.4 Å². The molecular weight excluding hydrogens is 292 g/mol. The van der Waals surface area contributed by atoms with Crippen LogP contribution in [0.1, 0.15) is 32.5 Å². The third-order valence-corrected chi connectivity index (χ3v) is 3.25. The van der Waals surface area contributed by atoms with Crippen LogP contribution in [-0.2, 0) is 9.53 Å². The van der Waals surface area contributed by atoms with E-state index in [0.29, 0.717) is 25.3 Å². The Morgan fingerprint density at radius 1 is 1.30 bits per heavy atom. The number of carbonyl (C=O) groups excluding carboxylic acids is 1. The Bertz CT molecular complexity index is 646. The molecule has 0 aliphatic rings. The van der Waals surface area contributed by atoms with Crippen molar-refractivity contribution in [2.45, 2.75) is 39.7 Å². The van der Waals surface area contributed by atoms with E-state index in [1.54, 1.807) is 6.20 Å². The van der Waals surface area contributed by atoms with Crippen LogP contribution >= 0.6 is 0 Å². The zero-order valence-corrected chi connectivity index (χ0v) is 13.7. The largest absolute Gasteiger partial charge is 0.466 e. The predicted molar refractivity (Wildman–Crippen MR) is 89.0 cm³/mol. The molecule has 0 fully saturated rings. The third kappa shape index (κ3) is 5.32. The van der Waals surface area contributed by atoms with Crippen molar-refractivity contribution in [2.75, 3.05) is 11.9 Å². The van der Waals surface area contributed by atoms with Crippen LogP contribution in [-0.4, -0.2) is 33.6 Å². The van der Waals surface area contributed by atoms with Gasteiger partial charge in [-0.25, -0.2) is 9.97 Å². The lowest BCUT2D eigenvalue weighted by molar-refractivity contribution is -0.143. The Hall–Kier alpha value is -2.50. The molecule has 0 aromatic carbocycles. The maximum absolute atomic E-state index is 11.4. The van der Waals surface area contributed by atoms with E-state index >= 15 is 0 Å². The van der Waals surface area contributed by atoms with Gasteiger partial charge in [-0.2, -0.15) is 0 Å². The number of anilines is 1. The maximum atomic E-state index is 11.4. The second-order valence-corrected chi connectivity index (χ2v) is 5.29. The average Bonchev–Trinajstić information content (AvgIpc) is 2.53. The number of hydrogen-bond acceptors (Lipinski definition) is 6. The summed E-state index contributed by atoms with van der Waals surface area (Å²) < 4.78 is 4.94. The van der Waals surface area contributed by atoms with E-state index in [-0.39, 0.29) is 12.0 Å². The van der Waals surface area contributed by atoms with Crippen LogP contribution in [0, 0.1) is 6.92 Å². The molecule has 1 atom stereocenters. The summed E-state index contributed by atoms with van der Waals surface area (Å²) in [7, 11) is 0. The lowest BCUT2D eigenvalue weighted by Crippen LogP contribution is -2.18. The highest BCUT2D eigenvalue weighted by atomic mass is 16.5.